The second kappa shape index (κ2) is 11.4. The van der Waals surface area contributed by atoms with E-state index in [2.05, 4.69) is 23.0 Å². The normalized spacial score (nSPS) is 22.8. The number of aromatic nitrogens is 2. The van der Waals surface area contributed by atoms with E-state index in [0.717, 1.165) is 82.0 Å². The first-order chi connectivity index (χ1) is 19.0. The van der Waals surface area contributed by atoms with Gasteiger partial charge in [-0.15, -0.1) is 0 Å². The molecule has 1 amide bonds. The molecular formula is C31H39FN4O3. The number of ether oxygens (including phenoxy) is 1. The first kappa shape index (κ1) is 26.4. The number of aliphatic hydroxyl groups excluding tert-OH is 1. The topological polar surface area (TPSA) is 70.8 Å². The molecule has 3 aliphatic rings. The molecule has 7 nitrogen and oxygen atoms in total. The second-order valence-electron chi connectivity index (χ2n) is 11.7. The van der Waals surface area contributed by atoms with Crippen LogP contribution in [0.4, 0.5) is 4.39 Å². The number of halogens is 1. The maximum atomic E-state index is 14.5. The summed E-state index contributed by atoms with van der Waals surface area (Å²) >= 11 is 0. The number of pyridine rings is 1. The Bertz CT molecular complexity index is 1330. The lowest BCUT2D eigenvalue weighted by Crippen LogP contribution is -2.38. The standard InChI is InChI=1S/C31H39FN4O3/c1-21-15-33-16-29-30(21)24(13-23-6-10-34(18-23)17-22-7-11-39-12-8-22)19-36(29)28-5-4-25(32)14-27(28)31(38)35-9-2-3-26(35)20-37/h4-5,14-16,19,22-23,26,37H,2-3,6-13,17-18,20H2,1H3/t23-,26-/m0/s1. The highest BCUT2D eigenvalue weighted by atomic mass is 19.1. The highest BCUT2D eigenvalue weighted by Crippen LogP contribution is 2.33. The number of aryl methyl sites for hydroxylation is 1. The van der Waals surface area contributed by atoms with Crippen LogP contribution in [0.5, 0.6) is 0 Å². The Kier molecular flexibility index (Phi) is 7.69. The van der Waals surface area contributed by atoms with E-state index in [1.165, 1.54) is 29.5 Å². The van der Waals surface area contributed by atoms with Gasteiger partial charge in [0.1, 0.15) is 5.82 Å². The van der Waals surface area contributed by atoms with Crippen molar-refractivity contribution in [3.05, 3.63) is 59.3 Å². The Morgan fingerprint density at radius 2 is 1.97 bits per heavy atom. The van der Waals surface area contributed by atoms with Crippen LogP contribution in [0.15, 0.2) is 36.8 Å². The van der Waals surface area contributed by atoms with Crippen molar-refractivity contribution >= 4 is 16.8 Å². The maximum absolute atomic E-state index is 14.5. The summed E-state index contributed by atoms with van der Waals surface area (Å²) in [5.74, 6) is 0.636. The van der Waals surface area contributed by atoms with E-state index in [0.29, 0.717) is 23.7 Å². The fourth-order valence-corrected chi connectivity index (χ4v) is 6.98. The fraction of sp³-hybridized carbons (Fsp3) is 0.548. The van der Waals surface area contributed by atoms with Crippen LogP contribution in [0.25, 0.3) is 16.6 Å². The summed E-state index contributed by atoms with van der Waals surface area (Å²) in [7, 11) is 0. The molecular weight excluding hydrogens is 495 g/mol. The lowest BCUT2D eigenvalue weighted by molar-refractivity contribution is 0.0551. The van der Waals surface area contributed by atoms with Gasteiger partial charge >= 0.3 is 0 Å². The van der Waals surface area contributed by atoms with Gasteiger partial charge in [-0.3, -0.25) is 9.78 Å². The van der Waals surface area contributed by atoms with Crippen molar-refractivity contribution in [1.82, 2.24) is 19.4 Å². The molecule has 0 radical (unpaired) electrons. The average molecular weight is 535 g/mol. The minimum Gasteiger partial charge on any atom is -0.394 e. The molecule has 0 unspecified atom stereocenters. The van der Waals surface area contributed by atoms with Crippen LogP contribution in [0, 0.1) is 24.6 Å². The molecule has 3 saturated heterocycles. The highest BCUT2D eigenvalue weighted by molar-refractivity contribution is 5.99. The molecule has 2 atom stereocenters. The summed E-state index contributed by atoms with van der Waals surface area (Å²) in [6.07, 6.45) is 12.0. The number of hydrogen-bond donors (Lipinski definition) is 1. The number of amides is 1. The summed E-state index contributed by atoms with van der Waals surface area (Å²) in [6.45, 7) is 7.76. The Hall–Kier alpha value is -2.81. The second-order valence-corrected chi connectivity index (χ2v) is 11.7. The van der Waals surface area contributed by atoms with Crippen molar-refractivity contribution in [3.8, 4) is 5.69 Å². The van der Waals surface area contributed by atoms with Gasteiger partial charge in [0.15, 0.2) is 0 Å². The molecule has 0 aliphatic carbocycles. The Labute approximate surface area is 229 Å². The van der Waals surface area contributed by atoms with Crippen LogP contribution in [0.3, 0.4) is 0 Å². The highest BCUT2D eigenvalue weighted by Gasteiger charge is 2.31. The third kappa shape index (κ3) is 5.34. The lowest BCUT2D eigenvalue weighted by Gasteiger charge is -2.27. The zero-order valence-corrected chi connectivity index (χ0v) is 22.8. The van der Waals surface area contributed by atoms with Crippen molar-refractivity contribution < 1.29 is 19.0 Å². The SMILES string of the molecule is Cc1cncc2c1c(C[C@@H]1CCN(CC3CCOCC3)C1)cn2-c1ccc(F)cc1C(=O)N1CCC[C@H]1CO. The number of benzene rings is 1. The van der Waals surface area contributed by atoms with Gasteiger partial charge in [0.2, 0.25) is 0 Å². The summed E-state index contributed by atoms with van der Waals surface area (Å²) in [6, 6.07) is 4.23. The number of aliphatic hydroxyl groups is 1. The zero-order valence-electron chi connectivity index (χ0n) is 22.8. The van der Waals surface area contributed by atoms with Gasteiger partial charge < -0.3 is 24.2 Å². The molecule has 3 aromatic rings. The van der Waals surface area contributed by atoms with Gasteiger partial charge in [-0.05, 0) is 93.2 Å². The fourth-order valence-electron chi connectivity index (χ4n) is 6.98. The monoisotopic (exact) mass is 534 g/mol. The van der Waals surface area contributed by atoms with Crippen molar-refractivity contribution in [2.45, 2.75) is 51.5 Å². The van der Waals surface area contributed by atoms with E-state index in [4.69, 9.17) is 4.74 Å². The number of rotatable bonds is 7. The van der Waals surface area contributed by atoms with Crippen molar-refractivity contribution in [1.29, 1.82) is 0 Å². The number of likely N-dealkylation sites (tertiary alicyclic amines) is 2. The number of fused-ring (bicyclic) bond motifs is 1. The zero-order chi connectivity index (χ0) is 26.9. The predicted octanol–water partition coefficient (Wildman–Crippen LogP) is 4.36. The van der Waals surface area contributed by atoms with E-state index in [9.17, 15) is 14.3 Å². The first-order valence-electron chi connectivity index (χ1n) is 14.5. The van der Waals surface area contributed by atoms with E-state index >= 15 is 0 Å². The van der Waals surface area contributed by atoms with Gasteiger partial charge in [0, 0.05) is 50.6 Å². The van der Waals surface area contributed by atoms with Gasteiger partial charge in [-0.2, -0.15) is 0 Å². The summed E-state index contributed by atoms with van der Waals surface area (Å²) in [4.78, 5) is 22.4. The molecule has 39 heavy (non-hydrogen) atoms. The van der Waals surface area contributed by atoms with E-state index < -0.39 is 5.82 Å². The quantitative estimate of drug-likeness (QED) is 0.488. The van der Waals surface area contributed by atoms with E-state index in [-0.39, 0.29) is 18.6 Å². The van der Waals surface area contributed by atoms with Crippen molar-refractivity contribution in [3.63, 3.8) is 0 Å². The molecule has 2 aromatic heterocycles. The summed E-state index contributed by atoms with van der Waals surface area (Å²) in [5.41, 5.74) is 4.26. The molecule has 0 spiro atoms. The first-order valence-corrected chi connectivity index (χ1v) is 14.5. The molecule has 208 valence electrons. The number of carbonyl (C=O) groups is 1. The summed E-state index contributed by atoms with van der Waals surface area (Å²) < 4.78 is 22.1. The minimum atomic E-state index is -0.441. The average Bonchev–Trinajstić information content (AvgIpc) is 3.69. The number of hydrogen-bond acceptors (Lipinski definition) is 5. The maximum Gasteiger partial charge on any atom is 0.256 e. The minimum absolute atomic E-state index is 0.0803. The van der Waals surface area contributed by atoms with Gasteiger partial charge in [0.25, 0.3) is 5.91 Å². The smallest absolute Gasteiger partial charge is 0.256 e. The van der Waals surface area contributed by atoms with Crippen molar-refractivity contribution in [2.24, 2.45) is 11.8 Å². The van der Waals surface area contributed by atoms with Crippen LogP contribution in [0.1, 0.15) is 53.6 Å². The summed E-state index contributed by atoms with van der Waals surface area (Å²) in [5, 5.41) is 11.0. The molecule has 1 aromatic carbocycles. The number of nitrogens with zero attached hydrogens (tertiary/aromatic N) is 4. The molecule has 3 fully saturated rings. The lowest BCUT2D eigenvalue weighted by atomic mass is 9.97. The molecule has 6 rings (SSSR count). The third-order valence-electron chi connectivity index (χ3n) is 9.01. The molecule has 0 saturated carbocycles. The predicted molar refractivity (Wildman–Crippen MR) is 149 cm³/mol. The molecule has 8 heteroatoms. The van der Waals surface area contributed by atoms with Crippen LogP contribution in [0.2, 0.25) is 0 Å². The molecule has 0 bridgehead atoms. The largest absolute Gasteiger partial charge is 0.394 e. The van der Waals surface area contributed by atoms with Crippen molar-refractivity contribution in [2.75, 3.05) is 46.0 Å². The Morgan fingerprint density at radius 3 is 2.79 bits per heavy atom. The van der Waals surface area contributed by atoms with E-state index in [1.54, 1.807) is 11.0 Å². The molecule has 3 aliphatic heterocycles. The Balaban J connectivity index is 1.30. The van der Waals surface area contributed by atoms with Gasteiger partial charge in [-0.25, -0.2) is 4.39 Å². The van der Waals surface area contributed by atoms with E-state index in [1.807, 2.05) is 17.0 Å². The van der Waals surface area contributed by atoms with Crippen LogP contribution in [-0.4, -0.2) is 82.4 Å². The Morgan fingerprint density at radius 1 is 1.13 bits per heavy atom. The molecule has 1 N–H and O–H groups in total. The van der Waals surface area contributed by atoms with Crippen LogP contribution < -0.4 is 0 Å². The third-order valence-corrected chi connectivity index (χ3v) is 9.01. The number of carbonyl (C=O) groups excluding carboxylic acids is 1. The van der Waals surface area contributed by atoms with Crippen LogP contribution >= 0.6 is 0 Å². The van der Waals surface area contributed by atoms with Crippen LogP contribution in [-0.2, 0) is 11.2 Å². The van der Waals surface area contributed by atoms with Gasteiger partial charge in [0.05, 0.1) is 35.6 Å². The molecule has 5 heterocycles. The van der Waals surface area contributed by atoms with Gasteiger partial charge in [-0.1, -0.05) is 0 Å².